The molecule has 0 saturated carbocycles. The lowest BCUT2D eigenvalue weighted by atomic mass is 9.61. The topological polar surface area (TPSA) is 15.3 Å². The van der Waals surface area contributed by atoms with Crippen molar-refractivity contribution in [3.63, 3.8) is 0 Å². The van der Waals surface area contributed by atoms with E-state index in [4.69, 9.17) is 0 Å². The maximum atomic E-state index is 4.40. The van der Waals surface area contributed by atoms with Crippen LogP contribution < -0.4 is 5.32 Å². The molecule has 2 saturated heterocycles. The third kappa shape index (κ3) is 3.15. The van der Waals surface area contributed by atoms with Crippen LogP contribution in [0.1, 0.15) is 35.1 Å². The molecule has 1 aromatic rings. The van der Waals surface area contributed by atoms with Gasteiger partial charge in [0.25, 0.3) is 0 Å². The van der Waals surface area contributed by atoms with Gasteiger partial charge in [-0.3, -0.25) is 0 Å². The lowest BCUT2D eigenvalue weighted by Crippen LogP contribution is -2.49. The summed E-state index contributed by atoms with van der Waals surface area (Å²) in [7, 11) is 1.38. The second-order valence-electron chi connectivity index (χ2n) is 8.20. The molecule has 1 atom stereocenters. The van der Waals surface area contributed by atoms with Crippen LogP contribution in [0.15, 0.2) is 24.4 Å². The van der Waals surface area contributed by atoms with Crippen molar-refractivity contribution in [3.8, 4) is 0 Å². The van der Waals surface area contributed by atoms with E-state index in [0.29, 0.717) is 5.92 Å². The molecule has 4 rings (SSSR count). The molecule has 0 aromatic heterocycles. The van der Waals surface area contributed by atoms with E-state index in [-0.39, 0.29) is 0 Å². The molecule has 2 nitrogen and oxygen atoms in total. The summed E-state index contributed by atoms with van der Waals surface area (Å²) in [6.45, 7) is 11.5. The van der Waals surface area contributed by atoms with Gasteiger partial charge >= 0.3 is 0 Å². The number of aryl methyl sites for hydroxylation is 1. The molecule has 0 amide bonds. The van der Waals surface area contributed by atoms with Gasteiger partial charge in [-0.25, -0.2) is 0 Å². The second-order valence-corrected chi connectivity index (χ2v) is 8.20. The number of nitrogens with zero attached hydrogens (tertiary/aromatic N) is 1. The molecule has 3 aliphatic rings. The third-order valence-electron chi connectivity index (χ3n) is 6.57. The Morgan fingerprint density at radius 3 is 3.04 bits per heavy atom. The van der Waals surface area contributed by atoms with E-state index in [1.807, 2.05) is 0 Å². The van der Waals surface area contributed by atoms with Crippen molar-refractivity contribution in [1.29, 1.82) is 0 Å². The highest BCUT2D eigenvalue weighted by Crippen LogP contribution is 2.32. The van der Waals surface area contributed by atoms with Gasteiger partial charge in [-0.05, 0) is 67.3 Å². The number of benzene rings is 1. The minimum atomic E-state index is 0.671. The summed E-state index contributed by atoms with van der Waals surface area (Å²) >= 11 is 0. The van der Waals surface area contributed by atoms with Crippen LogP contribution in [-0.2, 0) is 19.2 Å². The summed E-state index contributed by atoms with van der Waals surface area (Å²) in [4.78, 5) is 2.54. The maximum Gasteiger partial charge on any atom is 0.126 e. The van der Waals surface area contributed by atoms with Gasteiger partial charge in [0.1, 0.15) is 7.28 Å². The highest BCUT2D eigenvalue weighted by molar-refractivity contribution is 6.35. The zero-order valence-electron chi connectivity index (χ0n) is 15.2. The van der Waals surface area contributed by atoms with Crippen LogP contribution in [0, 0.1) is 18.8 Å². The van der Waals surface area contributed by atoms with E-state index >= 15 is 0 Å². The van der Waals surface area contributed by atoms with Crippen molar-refractivity contribution in [1.82, 2.24) is 10.2 Å². The normalized spacial score (nSPS) is 24.0. The molecule has 0 spiro atoms. The Balaban J connectivity index is 1.34. The summed E-state index contributed by atoms with van der Waals surface area (Å²) in [5.41, 5.74) is 7.88. The first-order valence-corrected chi connectivity index (χ1v) is 9.97. The van der Waals surface area contributed by atoms with E-state index in [9.17, 15) is 0 Å². The molecule has 128 valence electrons. The van der Waals surface area contributed by atoms with E-state index in [2.05, 4.69) is 35.9 Å². The van der Waals surface area contributed by atoms with Gasteiger partial charge in [0.05, 0.1) is 0 Å². The standard InChI is InChI=1S/C21H31BN2/c1-15-19(6-5-18-7-8-22-11-21(15)18)10-17-13-24(14-17)16(2)20-4-3-9-23-12-20/h5-6,17,20,22-23H,2-4,7-14H2,1H3. The third-order valence-corrected chi connectivity index (χ3v) is 6.57. The lowest BCUT2D eigenvalue weighted by Gasteiger charge is -2.45. The molecule has 0 bridgehead atoms. The average Bonchev–Trinajstić information content (AvgIpc) is 2.60. The molecule has 3 heterocycles. The van der Waals surface area contributed by atoms with Crippen molar-refractivity contribution in [2.45, 2.75) is 45.2 Å². The van der Waals surface area contributed by atoms with Gasteiger partial charge in [0.2, 0.25) is 0 Å². The first-order chi connectivity index (χ1) is 11.7. The summed E-state index contributed by atoms with van der Waals surface area (Å²) < 4.78 is 0. The fraction of sp³-hybridized carbons (Fsp3) is 0.619. The van der Waals surface area contributed by atoms with Crippen molar-refractivity contribution < 1.29 is 0 Å². The van der Waals surface area contributed by atoms with Gasteiger partial charge in [0, 0.05) is 31.2 Å². The van der Waals surface area contributed by atoms with Crippen LogP contribution in [0.4, 0.5) is 0 Å². The Morgan fingerprint density at radius 2 is 2.25 bits per heavy atom. The summed E-state index contributed by atoms with van der Waals surface area (Å²) in [6, 6.07) is 4.84. The average molecular weight is 322 g/mol. The molecule has 1 unspecified atom stereocenters. The minimum absolute atomic E-state index is 0.671. The van der Waals surface area contributed by atoms with Crippen molar-refractivity contribution >= 4 is 7.28 Å². The highest BCUT2D eigenvalue weighted by Gasteiger charge is 2.31. The zero-order chi connectivity index (χ0) is 16.5. The monoisotopic (exact) mass is 322 g/mol. The van der Waals surface area contributed by atoms with Gasteiger partial charge in [0.15, 0.2) is 0 Å². The quantitative estimate of drug-likeness (QED) is 0.858. The predicted molar refractivity (Wildman–Crippen MR) is 104 cm³/mol. The van der Waals surface area contributed by atoms with Crippen molar-refractivity contribution in [3.05, 3.63) is 46.7 Å². The molecule has 3 aliphatic heterocycles. The number of hydrogen-bond acceptors (Lipinski definition) is 2. The van der Waals surface area contributed by atoms with Crippen LogP contribution in [-0.4, -0.2) is 38.4 Å². The number of hydrogen-bond donors (Lipinski definition) is 1. The van der Waals surface area contributed by atoms with Crippen LogP contribution in [0.3, 0.4) is 0 Å². The zero-order valence-corrected chi connectivity index (χ0v) is 15.2. The molecular weight excluding hydrogens is 291 g/mol. The summed E-state index contributed by atoms with van der Waals surface area (Å²) in [5.74, 6) is 1.49. The Labute approximate surface area is 147 Å². The number of rotatable bonds is 4. The fourth-order valence-electron chi connectivity index (χ4n) is 4.92. The Morgan fingerprint density at radius 1 is 1.38 bits per heavy atom. The number of likely N-dealkylation sites (tertiary alicyclic amines) is 1. The number of fused-ring (bicyclic) bond motifs is 1. The summed E-state index contributed by atoms with van der Waals surface area (Å²) in [5, 5.41) is 3.52. The molecule has 1 N–H and O–H groups in total. The van der Waals surface area contributed by atoms with E-state index in [0.717, 1.165) is 12.5 Å². The smallest absolute Gasteiger partial charge is 0.126 e. The molecule has 3 heteroatoms. The Bertz CT molecular complexity index is 613. The number of piperidine rings is 1. The predicted octanol–water partition coefficient (Wildman–Crippen LogP) is 2.89. The van der Waals surface area contributed by atoms with E-state index < -0.39 is 0 Å². The number of nitrogens with one attached hydrogen (secondary N) is 1. The van der Waals surface area contributed by atoms with Gasteiger partial charge in [-0.15, -0.1) is 0 Å². The lowest BCUT2D eigenvalue weighted by molar-refractivity contribution is 0.122. The Hall–Kier alpha value is -1.22. The molecular formula is C21H31BN2. The first-order valence-electron chi connectivity index (χ1n) is 9.97. The Kier molecular flexibility index (Phi) is 4.71. The summed E-state index contributed by atoms with van der Waals surface area (Å²) in [6.07, 6.45) is 7.85. The second kappa shape index (κ2) is 6.96. The highest BCUT2D eigenvalue weighted by atomic mass is 15.2. The van der Waals surface area contributed by atoms with Gasteiger partial charge in [-0.2, -0.15) is 0 Å². The SMILES string of the molecule is C=C(C1CCCNC1)N1CC(Cc2ccc3c(c2C)CBCC3)C1. The van der Waals surface area contributed by atoms with Crippen LogP contribution >= 0.6 is 0 Å². The molecule has 0 radical (unpaired) electrons. The van der Waals surface area contributed by atoms with Crippen molar-refractivity contribution in [2.24, 2.45) is 11.8 Å². The van der Waals surface area contributed by atoms with Crippen LogP contribution in [0.5, 0.6) is 0 Å². The van der Waals surface area contributed by atoms with Crippen LogP contribution in [0.25, 0.3) is 0 Å². The van der Waals surface area contributed by atoms with E-state index in [1.54, 1.807) is 22.3 Å². The molecule has 24 heavy (non-hydrogen) atoms. The van der Waals surface area contributed by atoms with E-state index in [1.165, 1.54) is 70.9 Å². The van der Waals surface area contributed by atoms with Gasteiger partial charge in [-0.1, -0.05) is 31.4 Å². The molecule has 1 aromatic carbocycles. The maximum absolute atomic E-state index is 4.40. The van der Waals surface area contributed by atoms with Gasteiger partial charge < -0.3 is 10.2 Å². The molecule has 2 fully saturated rings. The largest absolute Gasteiger partial charge is 0.374 e. The fourth-order valence-corrected chi connectivity index (χ4v) is 4.92. The minimum Gasteiger partial charge on any atom is -0.374 e. The first kappa shape index (κ1) is 16.3. The van der Waals surface area contributed by atoms with Crippen LogP contribution in [0.2, 0.25) is 6.32 Å². The van der Waals surface area contributed by atoms with Crippen molar-refractivity contribution in [2.75, 3.05) is 26.2 Å². The molecule has 0 aliphatic carbocycles.